The monoisotopic (exact) mass is 616 g/mol. The number of aryl methyl sites for hydroxylation is 1. The maximum atomic E-state index is 13.9. The fraction of sp³-hybridized carbons (Fsp3) is 0.154. The Morgan fingerprint density at radius 3 is 2.62 bits per heavy atom. The molecule has 1 aliphatic rings. The van der Waals surface area contributed by atoms with Gasteiger partial charge in [-0.3, -0.25) is 10.1 Å². The Bertz CT molecular complexity index is 1900. The summed E-state index contributed by atoms with van der Waals surface area (Å²) in [7, 11) is 0. The third-order valence-electron chi connectivity index (χ3n) is 6.84. The molecule has 6 rings (SSSR count). The Morgan fingerprint density at radius 2 is 1.90 bits per heavy atom. The Kier molecular flexibility index (Phi) is 6.74. The number of tetrazole rings is 1. The van der Waals surface area contributed by atoms with Crippen LogP contribution in [0.5, 0.6) is 0 Å². The molecule has 1 aliphatic heterocycles. The van der Waals surface area contributed by atoms with Crippen LogP contribution >= 0.6 is 23.2 Å². The number of carbonyl (C=O) groups is 1. The number of carboxylic acid groups (broad SMARTS) is 1. The average Bonchev–Trinajstić information content (AvgIpc) is 3.68. The van der Waals surface area contributed by atoms with Crippen molar-refractivity contribution in [1.29, 1.82) is 0 Å². The molecule has 0 saturated heterocycles. The lowest BCUT2D eigenvalue weighted by molar-refractivity contribution is -0.137. The summed E-state index contributed by atoms with van der Waals surface area (Å²) in [4.78, 5) is 31.5. The van der Waals surface area contributed by atoms with E-state index in [1.165, 1.54) is 27.7 Å². The van der Waals surface area contributed by atoms with Crippen molar-refractivity contribution in [3.05, 3.63) is 92.5 Å². The van der Waals surface area contributed by atoms with E-state index in [0.29, 0.717) is 46.4 Å². The first kappa shape index (κ1) is 27.5. The van der Waals surface area contributed by atoms with Crippen LogP contribution in [0.25, 0.3) is 28.1 Å². The molecular weight excluding hydrogens is 600 g/mol. The first-order valence-corrected chi connectivity index (χ1v) is 13.0. The average molecular weight is 617 g/mol. The molecule has 42 heavy (non-hydrogen) atoms. The Balaban J connectivity index is 1.39. The molecule has 5 aromatic rings. The molecule has 0 aliphatic carbocycles. The number of imidazole rings is 1. The molecule has 0 unspecified atom stereocenters. The van der Waals surface area contributed by atoms with E-state index in [9.17, 15) is 22.8 Å². The lowest BCUT2D eigenvalue weighted by Gasteiger charge is -2.15. The number of amides is 1. The molecule has 0 spiro atoms. The van der Waals surface area contributed by atoms with Gasteiger partial charge < -0.3 is 14.7 Å². The van der Waals surface area contributed by atoms with Gasteiger partial charge in [0.2, 0.25) is 0 Å². The summed E-state index contributed by atoms with van der Waals surface area (Å²) in [5.74, 6) is 0.210. The van der Waals surface area contributed by atoms with Gasteiger partial charge in [0.1, 0.15) is 12.2 Å². The van der Waals surface area contributed by atoms with E-state index in [2.05, 4.69) is 25.5 Å². The van der Waals surface area contributed by atoms with Crippen molar-refractivity contribution in [3.8, 4) is 28.1 Å². The standard InChI is InChI=1S/C26H17Cl2F3N8O3/c27-13-1-5-19(38-11-32-36-37-38)17(9-13)12-7-15-3-6-20(39(15)21(40)8-12)24-34-22(23(28)35-24)16-4-2-14(33-25(41)42)10-18(16)26(29,30)31/h1-2,4-5,7-11,20,33H,3,6H2,(H,34,35)(H,41,42)/t20-/m0/s1. The van der Waals surface area contributed by atoms with Gasteiger partial charge in [0.05, 0.1) is 23.0 Å². The van der Waals surface area contributed by atoms with Gasteiger partial charge in [0.15, 0.2) is 5.15 Å². The fourth-order valence-corrected chi connectivity index (χ4v) is 5.54. The molecule has 4 heterocycles. The minimum absolute atomic E-state index is 0.107. The van der Waals surface area contributed by atoms with Crippen LogP contribution in [0.15, 0.2) is 59.7 Å². The molecule has 11 nitrogen and oxygen atoms in total. The molecule has 0 bridgehead atoms. The molecule has 0 fully saturated rings. The van der Waals surface area contributed by atoms with E-state index in [0.717, 1.165) is 6.07 Å². The number of aromatic amines is 1. The van der Waals surface area contributed by atoms with Crippen molar-refractivity contribution in [2.75, 3.05) is 5.32 Å². The van der Waals surface area contributed by atoms with Crippen LogP contribution in [0, 0.1) is 0 Å². The van der Waals surface area contributed by atoms with E-state index < -0.39 is 23.9 Å². The first-order chi connectivity index (χ1) is 20.0. The highest BCUT2D eigenvalue weighted by atomic mass is 35.5. The maximum Gasteiger partial charge on any atom is 0.417 e. The fourth-order valence-electron chi connectivity index (χ4n) is 5.12. The van der Waals surface area contributed by atoms with Gasteiger partial charge in [-0.2, -0.15) is 17.9 Å². The quantitative estimate of drug-likeness (QED) is 0.225. The zero-order valence-electron chi connectivity index (χ0n) is 21.0. The van der Waals surface area contributed by atoms with Crippen LogP contribution in [0.2, 0.25) is 10.2 Å². The summed E-state index contributed by atoms with van der Waals surface area (Å²) in [6, 6.07) is 10.7. The van der Waals surface area contributed by atoms with E-state index >= 15 is 0 Å². The summed E-state index contributed by atoms with van der Waals surface area (Å²) in [5, 5.41) is 22.3. The largest absolute Gasteiger partial charge is 0.465 e. The number of hydrogen-bond donors (Lipinski definition) is 3. The molecule has 214 valence electrons. The van der Waals surface area contributed by atoms with Crippen LogP contribution in [0.4, 0.5) is 23.7 Å². The third-order valence-corrected chi connectivity index (χ3v) is 7.35. The highest BCUT2D eigenvalue weighted by molar-refractivity contribution is 6.32. The van der Waals surface area contributed by atoms with Crippen molar-refractivity contribution in [3.63, 3.8) is 0 Å². The summed E-state index contributed by atoms with van der Waals surface area (Å²) in [6.45, 7) is 0. The molecule has 2 aromatic carbocycles. The van der Waals surface area contributed by atoms with Gasteiger partial charge in [-0.15, -0.1) is 5.10 Å². The normalized spacial score (nSPS) is 14.6. The SMILES string of the molecule is O=C(O)Nc1ccc(-c2[nH]c([C@@H]3CCc4cc(-c5cc(Cl)ccc5-n5cnnn5)cc(=O)n43)nc2Cl)c(C(F)(F)F)c1. The van der Waals surface area contributed by atoms with E-state index in [1.807, 2.05) is 11.4 Å². The zero-order chi connectivity index (χ0) is 29.8. The topological polar surface area (TPSA) is 144 Å². The number of alkyl halides is 3. The Morgan fingerprint density at radius 1 is 1.10 bits per heavy atom. The van der Waals surface area contributed by atoms with E-state index in [1.54, 1.807) is 18.2 Å². The molecular formula is C26H17Cl2F3N8O3. The number of nitrogens with zero attached hydrogens (tertiary/aromatic N) is 6. The van der Waals surface area contributed by atoms with E-state index in [4.69, 9.17) is 28.3 Å². The predicted molar refractivity (Wildman–Crippen MR) is 146 cm³/mol. The second kappa shape index (κ2) is 10.3. The zero-order valence-corrected chi connectivity index (χ0v) is 22.5. The lowest BCUT2D eigenvalue weighted by atomic mass is 10.0. The molecule has 1 atom stereocenters. The number of fused-ring (bicyclic) bond motifs is 1. The van der Waals surface area contributed by atoms with Crippen LogP contribution in [0.1, 0.15) is 29.5 Å². The smallest absolute Gasteiger partial charge is 0.417 e. The number of benzene rings is 2. The van der Waals surface area contributed by atoms with E-state index in [-0.39, 0.29) is 33.5 Å². The van der Waals surface area contributed by atoms with Gasteiger partial charge in [-0.1, -0.05) is 29.3 Å². The minimum Gasteiger partial charge on any atom is -0.465 e. The summed E-state index contributed by atoms with van der Waals surface area (Å²) in [5.41, 5.74) is 0.342. The van der Waals surface area contributed by atoms with Crippen LogP contribution in [0.3, 0.4) is 0 Å². The van der Waals surface area contributed by atoms with Gasteiger partial charge in [0.25, 0.3) is 5.56 Å². The number of H-pyrrole nitrogens is 1. The Hall–Kier alpha value is -4.69. The second-order valence-corrected chi connectivity index (χ2v) is 10.2. The number of halogens is 5. The maximum absolute atomic E-state index is 13.9. The summed E-state index contributed by atoms with van der Waals surface area (Å²) >= 11 is 12.6. The number of anilines is 1. The first-order valence-electron chi connectivity index (χ1n) is 12.3. The van der Waals surface area contributed by atoms with Crippen molar-refractivity contribution < 1.29 is 23.1 Å². The molecule has 0 saturated carbocycles. The van der Waals surface area contributed by atoms with Gasteiger partial charge in [-0.05, 0) is 65.2 Å². The second-order valence-electron chi connectivity index (χ2n) is 9.39. The molecule has 3 aromatic heterocycles. The lowest BCUT2D eigenvalue weighted by Crippen LogP contribution is -2.24. The summed E-state index contributed by atoms with van der Waals surface area (Å²) in [6.07, 6.45) is -4.00. The van der Waals surface area contributed by atoms with Gasteiger partial charge >= 0.3 is 12.3 Å². The van der Waals surface area contributed by atoms with Crippen LogP contribution in [-0.4, -0.2) is 45.9 Å². The number of rotatable bonds is 5. The van der Waals surface area contributed by atoms with Crippen LogP contribution < -0.4 is 10.9 Å². The van der Waals surface area contributed by atoms with Gasteiger partial charge in [0, 0.05) is 33.6 Å². The summed E-state index contributed by atoms with van der Waals surface area (Å²) < 4.78 is 44.8. The molecule has 0 radical (unpaired) electrons. The molecule has 1 amide bonds. The predicted octanol–water partition coefficient (Wildman–Crippen LogP) is 5.83. The highest BCUT2D eigenvalue weighted by Crippen LogP contribution is 2.41. The molecule has 16 heteroatoms. The highest BCUT2D eigenvalue weighted by Gasteiger charge is 2.36. The van der Waals surface area contributed by atoms with Crippen molar-refractivity contribution >= 4 is 35.0 Å². The molecule has 3 N–H and O–H groups in total. The number of hydrogen-bond acceptors (Lipinski definition) is 6. The van der Waals surface area contributed by atoms with Crippen molar-refractivity contribution in [2.45, 2.75) is 25.1 Å². The van der Waals surface area contributed by atoms with Crippen LogP contribution in [-0.2, 0) is 12.6 Å². The third kappa shape index (κ3) is 4.99. The number of pyridine rings is 1. The van der Waals surface area contributed by atoms with Crippen molar-refractivity contribution in [1.82, 2.24) is 34.7 Å². The number of nitrogens with one attached hydrogen (secondary N) is 2. The minimum atomic E-state index is -4.82. The van der Waals surface area contributed by atoms with Gasteiger partial charge in [-0.25, -0.2) is 9.78 Å². The van der Waals surface area contributed by atoms with Crippen molar-refractivity contribution in [2.24, 2.45) is 0 Å². The number of aromatic nitrogens is 7. The Labute approximate surface area is 243 Å².